The number of rotatable bonds is 5. The van der Waals surface area contributed by atoms with Crippen molar-refractivity contribution in [1.82, 2.24) is 9.55 Å². The van der Waals surface area contributed by atoms with Gasteiger partial charge < -0.3 is 15.0 Å². The molecule has 20 heavy (non-hydrogen) atoms. The van der Waals surface area contributed by atoms with Gasteiger partial charge in [0, 0.05) is 18.0 Å². The Bertz CT molecular complexity index is 587. The molecule has 4 nitrogen and oxygen atoms in total. The number of hydrogen-bond donors (Lipinski definition) is 1. The highest BCUT2D eigenvalue weighted by Crippen LogP contribution is 2.31. The molecule has 1 aromatic carbocycles. The molecule has 2 rings (SSSR count). The summed E-state index contributed by atoms with van der Waals surface area (Å²) in [5.41, 5.74) is 8.14. The summed E-state index contributed by atoms with van der Waals surface area (Å²) < 4.78 is 7.64. The number of anilines is 1. The molecule has 0 atom stereocenters. The van der Waals surface area contributed by atoms with E-state index in [1.54, 1.807) is 0 Å². The lowest BCUT2D eigenvalue weighted by Crippen LogP contribution is -2.08. The number of imidazole rings is 1. The first-order valence-electron chi connectivity index (χ1n) is 7.18. The molecule has 2 N–H and O–H groups in total. The Kier molecular flexibility index (Phi) is 4.32. The molecule has 0 radical (unpaired) electrons. The van der Waals surface area contributed by atoms with Gasteiger partial charge in [-0.05, 0) is 32.9 Å². The molecule has 0 amide bonds. The zero-order valence-electron chi connectivity index (χ0n) is 12.7. The summed E-state index contributed by atoms with van der Waals surface area (Å²) >= 11 is 0. The van der Waals surface area contributed by atoms with E-state index >= 15 is 0 Å². The van der Waals surface area contributed by atoms with E-state index in [4.69, 9.17) is 15.5 Å². The summed E-state index contributed by atoms with van der Waals surface area (Å²) in [6.45, 7) is 8.97. The number of nitrogen functional groups attached to an aromatic ring is 1. The molecule has 1 heterocycles. The van der Waals surface area contributed by atoms with Crippen LogP contribution in [-0.4, -0.2) is 16.2 Å². The molecule has 0 fully saturated rings. The third-order valence-electron chi connectivity index (χ3n) is 3.27. The van der Waals surface area contributed by atoms with Crippen LogP contribution in [0.25, 0.3) is 11.3 Å². The van der Waals surface area contributed by atoms with E-state index in [1.165, 1.54) is 0 Å². The van der Waals surface area contributed by atoms with Crippen molar-refractivity contribution in [2.24, 2.45) is 0 Å². The van der Waals surface area contributed by atoms with Gasteiger partial charge in [-0.15, -0.1) is 0 Å². The molecular formula is C16H23N3O. The normalized spacial score (nSPS) is 11.1. The standard InChI is InChI=1S/C16H23N3O/c1-5-14-18-15(16(17)19(14)11(3)4)12-8-7-9-13(10-12)20-6-2/h7-11H,5-6,17H2,1-4H3. The Balaban J connectivity index is 2.50. The zero-order chi connectivity index (χ0) is 14.7. The smallest absolute Gasteiger partial charge is 0.131 e. The van der Waals surface area contributed by atoms with Crippen molar-refractivity contribution < 1.29 is 4.74 Å². The highest BCUT2D eigenvalue weighted by Gasteiger charge is 2.17. The minimum Gasteiger partial charge on any atom is -0.494 e. The lowest BCUT2D eigenvalue weighted by atomic mass is 10.1. The number of nitrogens with two attached hydrogens (primary N) is 1. The van der Waals surface area contributed by atoms with E-state index < -0.39 is 0 Å². The van der Waals surface area contributed by atoms with Crippen molar-refractivity contribution in [3.63, 3.8) is 0 Å². The van der Waals surface area contributed by atoms with Gasteiger partial charge >= 0.3 is 0 Å². The third kappa shape index (κ3) is 2.64. The second kappa shape index (κ2) is 5.99. The largest absolute Gasteiger partial charge is 0.494 e. The van der Waals surface area contributed by atoms with E-state index in [-0.39, 0.29) is 0 Å². The van der Waals surface area contributed by atoms with Gasteiger partial charge in [0.05, 0.1) is 6.61 Å². The van der Waals surface area contributed by atoms with Gasteiger partial charge in [0.15, 0.2) is 0 Å². The first kappa shape index (κ1) is 14.4. The molecule has 1 aromatic heterocycles. The van der Waals surface area contributed by atoms with Crippen LogP contribution in [-0.2, 0) is 6.42 Å². The summed E-state index contributed by atoms with van der Waals surface area (Å²) in [6, 6.07) is 8.24. The minimum absolute atomic E-state index is 0.307. The number of aryl methyl sites for hydroxylation is 1. The van der Waals surface area contributed by atoms with E-state index in [9.17, 15) is 0 Å². The van der Waals surface area contributed by atoms with E-state index in [1.807, 2.05) is 31.2 Å². The molecule has 4 heteroatoms. The van der Waals surface area contributed by atoms with Crippen LogP contribution in [0.4, 0.5) is 5.82 Å². The van der Waals surface area contributed by atoms with Crippen molar-refractivity contribution in [1.29, 1.82) is 0 Å². The number of nitrogens with zero attached hydrogens (tertiary/aromatic N) is 2. The first-order valence-corrected chi connectivity index (χ1v) is 7.18. The van der Waals surface area contributed by atoms with Gasteiger partial charge in [-0.25, -0.2) is 4.98 Å². The van der Waals surface area contributed by atoms with Crippen molar-refractivity contribution in [2.45, 2.75) is 40.2 Å². The fraction of sp³-hybridized carbons (Fsp3) is 0.438. The minimum atomic E-state index is 0.307. The van der Waals surface area contributed by atoms with Crippen LogP contribution in [0.2, 0.25) is 0 Å². The van der Waals surface area contributed by atoms with Crippen LogP contribution >= 0.6 is 0 Å². The van der Waals surface area contributed by atoms with Crippen LogP contribution in [0.5, 0.6) is 5.75 Å². The predicted molar refractivity (Wildman–Crippen MR) is 83.0 cm³/mol. The van der Waals surface area contributed by atoms with Gasteiger partial charge in [0.25, 0.3) is 0 Å². The predicted octanol–water partition coefficient (Wildman–Crippen LogP) is 3.67. The summed E-state index contributed by atoms with van der Waals surface area (Å²) in [7, 11) is 0. The molecule has 0 saturated carbocycles. The van der Waals surface area contributed by atoms with E-state index in [0.717, 1.165) is 35.1 Å². The Morgan fingerprint density at radius 2 is 2.05 bits per heavy atom. The molecule has 0 aliphatic rings. The lowest BCUT2D eigenvalue weighted by molar-refractivity contribution is 0.340. The molecule has 0 aliphatic heterocycles. The maximum Gasteiger partial charge on any atom is 0.131 e. The van der Waals surface area contributed by atoms with Gasteiger partial charge in [-0.1, -0.05) is 19.1 Å². The van der Waals surface area contributed by atoms with Crippen LogP contribution in [0, 0.1) is 0 Å². The van der Waals surface area contributed by atoms with Crippen LogP contribution in [0.1, 0.15) is 39.6 Å². The van der Waals surface area contributed by atoms with Gasteiger partial charge in [0.1, 0.15) is 23.1 Å². The maximum absolute atomic E-state index is 6.30. The summed E-state index contributed by atoms with van der Waals surface area (Å²) in [5, 5.41) is 0. The molecular weight excluding hydrogens is 250 g/mol. The molecule has 2 aromatic rings. The molecule has 108 valence electrons. The van der Waals surface area contributed by atoms with Crippen LogP contribution in [0.15, 0.2) is 24.3 Å². The average molecular weight is 273 g/mol. The first-order chi connectivity index (χ1) is 9.58. The van der Waals surface area contributed by atoms with Crippen molar-refractivity contribution in [2.75, 3.05) is 12.3 Å². The molecule has 0 unspecified atom stereocenters. The fourth-order valence-electron chi connectivity index (χ4n) is 2.43. The third-order valence-corrected chi connectivity index (χ3v) is 3.27. The number of benzene rings is 1. The maximum atomic E-state index is 6.30. The molecule has 0 spiro atoms. The van der Waals surface area contributed by atoms with Crippen molar-refractivity contribution >= 4 is 5.82 Å². The molecule has 0 aliphatic carbocycles. The summed E-state index contributed by atoms with van der Waals surface area (Å²) in [5.74, 6) is 2.60. The van der Waals surface area contributed by atoms with Crippen molar-refractivity contribution in [3.05, 3.63) is 30.1 Å². The highest BCUT2D eigenvalue weighted by molar-refractivity contribution is 5.72. The highest BCUT2D eigenvalue weighted by atomic mass is 16.5. The number of aromatic nitrogens is 2. The van der Waals surface area contributed by atoms with E-state index in [2.05, 4.69) is 25.3 Å². The summed E-state index contributed by atoms with van der Waals surface area (Å²) in [4.78, 5) is 4.70. The van der Waals surface area contributed by atoms with Gasteiger partial charge in [-0.3, -0.25) is 0 Å². The molecule has 0 saturated heterocycles. The molecule has 0 bridgehead atoms. The quantitative estimate of drug-likeness (QED) is 0.904. The second-order valence-corrected chi connectivity index (χ2v) is 5.04. The van der Waals surface area contributed by atoms with Gasteiger partial charge in [-0.2, -0.15) is 0 Å². The Morgan fingerprint density at radius 3 is 2.60 bits per heavy atom. The van der Waals surface area contributed by atoms with E-state index in [0.29, 0.717) is 12.6 Å². The topological polar surface area (TPSA) is 53.1 Å². The van der Waals surface area contributed by atoms with Crippen LogP contribution < -0.4 is 10.5 Å². The Labute approximate surface area is 120 Å². The zero-order valence-corrected chi connectivity index (χ0v) is 12.7. The van der Waals surface area contributed by atoms with Crippen LogP contribution in [0.3, 0.4) is 0 Å². The summed E-state index contributed by atoms with van der Waals surface area (Å²) in [6.07, 6.45) is 0.869. The van der Waals surface area contributed by atoms with Crippen molar-refractivity contribution in [3.8, 4) is 17.0 Å². The SMILES string of the molecule is CCOc1cccc(-c2nc(CC)n(C(C)C)c2N)c1. The second-order valence-electron chi connectivity index (χ2n) is 5.04. The lowest BCUT2D eigenvalue weighted by Gasteiger charge is -2.12. The number of ether oxygens (including phenoxy) is 1. The Hall–Kier alpha value is -1.97. The van der Waals surface area contributed by atoms with Gasteiger partial charge in [0.2, 0.25) is 0 Å². The Morgan fingerprint density at radius 1 is 1.30 bits per heavy atom. The average Bonchev–Trinajstić information content (AvgIpc) is 2.76. The number of hydrogen-bond acceptors (Lipinski definition) is 3. The monoisotopic (exact) mass is 273 g/mol. The fourth-order valence-corrected chi connectivity index (χ4v) is 2.43.